The van der Waals surface area contributed by atoms with Gasteiger partial charge < -0.3 is 15.1 Å². The summed E-state index contributed by atoms with van der Waals surface area (Å²) in [5, 5.41) is 2.94. The molecule has 0 bridgehead atoms. The van der Waals surface area contributed by atoms with Crippen molar-refractivity contribution in [2.45, 2.75) is 13.5 Å². The van der Waals surface area contributed by atoms with Crippen molar-refractivity contribution in [3.05, 3.63) is 71.3 Å². The number of hydrogen-bond acceptors (Lipinski definition) is 2. The molecule has 0 aromatic heterocycles. The maximum Gasteiger partial charge on any atom is 0.317 e. The highest BCUT2D eigenvalue weighted by Gasteiger charge is 2.24. The van der Waals surface area contributed by atoms with Crippen molar-refractivity contribution in [3.63, 3.8) is 0 Å². The van der Waals surface area contributed by atoms with Crippen LogP contribution in [0.1, 0.15) is 21.5 Å². The molecule has 5 nitrogen and oxygen atoms in total. The molecule has 3 rings (SSSR count). The van der Waals surface area contributed by atoms with Gasteiger partial charge in [-0.15, -0.1) is 0 Å². The number of nitrogens with zero attached hydrogens (tertiary/aromatic N) is 2. The Morgan fingerprint density at radius 3 is 2.28 bits per heavy atom. The van der Waals surface area contributed by atoms with E-state index in [1.807, 2.05) is 66.4 Å². The molecule has 0 radical (unpaired) electrons. The van der Waals surface area contributed by atoms with Crippen molar-refractivity contribution >= 4 is 11.9 Å². The van der Waals surface area contributed by atoms with E-state index in [0.29, 0.717) is 38.3 Å². The van der Waals surface area contributed by atoms with E-state index in [1.54, 1.807) is 4.90 Å². The average molecular weight is 337 g/mol. The molecule has 2 aromatic rings. The van der Waals surface area contributed by atoms with Crippen LogP contribution in [-0.4, -0.2) is 47.9 Å². The molecule has 1 heterocycles. The first-order chi connectivity index (χ1) is 12.1. The van der Waals surface area contributed by atoms with Gasteiger partial charge in [-0.05, 0) is 24.6 Å². The number of carbonyl (C=O) groups excluding carboxylic acids is 2. The van der Waals surface area contributed by atoms with Gasteiger partial charge in [0.15, 0.2) is 0 Å². The Balaban J connectivity index is 1.49. The first-order valence-electron chi connectivity index (χ1n) is 8.56. The largest absolute Gasteiger partial charge is 0.335 e. The Bertz CT molecular complexity index is 738. The summed E-state index contributed by atoms with van der Waals surface area (Å²) in [6, 6.07) is 17.4. The quantitative estimate of drug-likeness (QED) is 0.936. The van der Waals surface area contributed by atoms with Gasteiger partial charge in [0.1, 0.15) is 0 Å². The van der Waals surface area contributed by atoms with Gasteiger partial charge in [-0.2, -0.15) is 0 Å². The van der Waals surface area contributed by atoms with E-state index in [4.69, 9.17) is 0 Å². The summed E-state index contributed by atoms with van der Waals surface area (Å²) in [4.78, 5) is 28.4. The predicted octanol–water partition coefficient (Wildman–Crippen LogP) is 2.66. The van der Waals surface area contributed by atoms with Gasteiger partial charge >= 0.3 is 6.03 Å². The molecule has 0 aliphatic carbocycles. The van der Waals surface area contributed by atoms with Crippen LogP contribution >= 0.6 is 0 Å². The molecule has 0 saturated carbocycles. The van der Waals surface area contributed by atoms with Crippen LogP contribution in [0.3, 0.4) is 0 Å². The van der Waals surface area contributed by atoms with E-state index in [-0.39, 0.29) is 11.9 Å². The average Bonchev–Trinajstić information content (AvgIpc) is 2.66. The second-order valence-corrected chi connectivity index (χ2v) is 6.29. The molecule has 1 fully saturated rings. The Labute approximate surface area is 148 Å². The van der Waals surface area contributed by atoms with Gasteiger partial charge in [0.25, 0.3) is 5.91 Å². The summed E-state index contributed by atoms with van der Waals surface area (Å²) in [5.41, 5.74) is 2.86. The standard InChI is InChI=1S/C20H23N3O2/c1-16-6-5-9-18(14-16)19(24)22-10-12-23(13-11-22)20(25)21-15-17-7-3-2-4-8-17/h2-9,14H,10-13,15H2,1H3,(H,21,25). The van der Waals surface area contributed by atoms with Gasteiger partial charge in [0, 0.05) is 38.3 Å². The summed E-state index contributed by atoms with van der Waals surface area (Å²) in [6.07, 6.45) is 0. The first-order valence-corrected chi connectivity index (χ1v) is 8.56. The van der Waals surface area contributed by atoms with Crippen molar-refractivity contribution < 1.29 is 9.59 Å². The number of rotatable bonds is 3. The van der Waals surface area contributed by atoms with Crippen molar-refractivity contribution in [2.75, 3.05) is 26.2 Å². The van der Waals surface area contributed by atoms with E-state index < -0.39 is 0 Å². The van der Waals surface area contributed by atoms with Crippen LogP contribution in [0.2, 0.25) is 0 Å². The third-order valence-corrected chi connectivity index (χ3v) is 4.41. The molecule has 1 N–H and O–H groups in total. The minimum absolute atomic E-state index is 0.0352. The van der Waals surface area contributed by atoms with Crippen LogP contribution in [0.25, 0.3) is 0 Å². The minimum atomic E-state index is -0.0773. The fourth-order valence-electron chi connectivity index (χ4n) is 2.96. The van der Waals surface area contributed by atoms with Crippen LogP contribution < -0.4 is 5.32 Å². The highest BCUT2D eigenvalue weighted by Crippen LogP contribution is 2.11. The normalized spacial score (nSPS) is 14.3. The fourth-order valence-corrected chi connectivity index (χ4v) is 2.96. The lowest BCUT2D eigenvalue weighted by Crippen LogP contribution is -2.53. The van der Waals surface area contributed by atoms with Crippen molar-refractivity contribution in [2.24, 2.45) is 0 Å². The summed E-state index contributed by atoms with van der Waals surface area (Å²) in [6.45, 7) is 4.72. The molecule has 0 spiro atoms. The molecular formula is C20H23N3O2. The number of carbonyl (C=O) groups is 2. The Kier molecular flexibility index (Phi) is 5.33. The third kappa shape index (κ3) is 4.38. The van der Waals surface area contributed by atoms with E-state index in [1.165, 1.54) is 0 Å². The van der Waals surface area contributed by atoms with Crippen molar-refractivity contribution in [1.82, 2.24) is 15.1 Å². The number of aryl methyl sites for hydroxylation is 1. The lowest BCUT2D eigenvalue weighted by molar-refractivity contribution is 0.0665. The lowest BCUT2D eigenvalue weighted by Gasteiger charge is -2.34. The Morgan fingerprint density at radius 2 is 1.60 bits per heavy atom. The number of nitrogens with one attached hydrogen (secondary N) is 1. The molecular weight excluding hydrogens is 314 g/mol. The second-order valence-electron chi connectivity index (χ2n) is 6.29. The minimum Gasteiger partial charge on any atom is -0.335 e. The molecule has 1 aliphatic rings. The Morgan fingerprint density at radius 1 is 0.920 bits per heavy atom. The highest BCUT2D eigenvalue weighted by molar-refractivity contribution is 5.94. The van der Waals surface area contributed by atoms with Crippen molar-refractivity contribution in [3.8, 4) is 0 Å². The van der Waals surface area contributed by atoms with Gasteiger partial charge in [-0.1, -0.05) is 48.0 Å². The van der Waals surface area contributed by atoms with E-state index >= 15 is 0 Å². The van der Waals surface area contributed by atoms with E-state index in [9.17, 15) is 9.59 Å². The van der Waals surface area contributed by atoms with Crippen LogP contribution in [0.15, 0.2) is 54.6 Å². The molecule has 0 atom stereocenters. The molecule has 5 heteroatoms. The fraction of sp³-hybridized carbons (Fsp3) is 0.300. The molecule has 1 aliphatic heterocycles. The SMILES string of the molecule is Cc1cccc(C(=O)N2CCN(C(=O)NCc3ccccc3)CC2)c1. The monoisotopic (exact) mass is 337 g/mol. The zero-order chi connectivity index (χ0) is 17.6. The maximum absolute atomic E-state index is 12.5. The Hall–Kier alpha value is -2.82. The van der Waals surface area contributed by atoms with E-state index in [0.717, 1.165) is 11.1 Å². The first kappa shape index (κ1) is 17.0. The summed E-state index contributed by atoms with van der Waals surface area (Å²) >= 11 is 0. The summed E-state index contributed by atoms with van der Waals surface area (Å²) in [7, 11) is 0. The van der Waals surface area contributed by atoms with Crippen LogP contribution in [0.4, 0.5) is 4.79 Å². The maximum atomic E-state index is 12.5. The van der Waals surface area contributed by atoms with Crippen LogP contribution in [0, 0.1) is 6.92 Å². The predicted molar refractivity (Wildman–Crippen MR) is 97.3 cm³/mol. The van der Waals surface area contributed by atoms with Gasteiger partial charge in [-0.3, -0.25) is 4.79 Å². The lowest BCUT2D eigenvalue weighted by atomic mass is 10.1. The number of benzene rings is 2. The number of amides is 3. The van der Waals surface area contributed by atoms with Crippen LogP contribution in [-0.2, 0) is 6.54 Å². The number of piperazine rings is 1. The zero-order valence-electron chi connectivity index (χ0n) is 14.4. The number of hydrogen-bond donors (Lipinski definition) is 1. The molecule has 3 amide bonds. The molecule has 1 saturated heterocycles. The molecule has 0 unspecified atom stereocenters. The molecule has 130 valence electrons. The van der Waals surface area contributed by atoms with Gasteiger partial charge in [-0.25, -0.2) is 4.79 Å². The topological polar surface area (TPSA) is 52.7 Å². The smallest absolute Gasteiger partial charge is 0.317 e. The second kappa shape index (κ2) is 7.83. The highest BCUT2D eigenvalue weighted by atomic mass is 16.2. The van der Waals surface area contributed by atoms with Gasteiger partial charge in [0.2, 0.25) is 0 Å². The summed E-state index contributed by atoms with van der Waals surface area (Å²) < 4.78 is 0. The van der Waals surface area contributed by atoms with Crippen molar-refractivity contribution in [1.29, 1.82) is 0 Å². The van der Waals surface area contributed by atoms with Gasteiger partial charge in [0.05, 0.1) is 0 Å². The molecule has 2 aromatic carbocycles. The van der Waals surface area contributed by atoms with E-state index in [2.05, 4.69) is 5.32 Å². The third-order valence-electron chi connectivity index (χ3n) is 4.41. The summed E-state index contributed by atoms with van der Waals surface area (Å²) in [5.74, 6) is 0.0352. The number of urea groups is 1. The van der Waals surface area contributed by atoms with Crippen LogP contribution in [0.5, 0.6) is 0 Å². The molecule has 25 heavy (non-hydrogen) atoms. The zero-order valence-corrected chi connectivity index (χ0v) is 14.4.